The molecule has 3 N–H and O–H groups in total. The number of para-hydroxylation sites is 1. The summed E-state index contributed by atoms with van der Waals surface area (Å²) in [6.45, 7) is 3.63. The van der Waals surface area contributed by atoms with Gasteiger partial charge in [0.2, 0.25) is 5.91 Å². The molecule has 0 spiro atoms. The molecule has 0 unspecified atom stereocenters. The number of carbonyl (C=O) groups excluding carboxylic acids is 1. The van der Waals surface area contributed by atoms with Crippen molar-refractivity contribution in [2.24, 2.45) is 0 Å². The third kappa shape index (κ3) is 7.63. The van der Waals surface area contributed by atoms with Crippen molar-refractivity contribution in [3.05, 3.63) is 70.9 Å². The summed E-state index contributed by atoms with van der Waals surface area (Å²) in [7, 11) is -3.47. The maximum absolute atomic E-state index is 12.7. The zero-order valence-corrected chi connectivity index (χ0v) is 21.3. The Kier molecular flexibility index (Phi) is 9.00. The zero-order chi connectivity index (χ0) is 25.4. The molecule has 1 heterocycles. The van der Waals surface area contributed by atoms with Crippen LogP contribution in [-0.4, -0.2) is 42.7 Å². The fraction of sp³-hybridized carbons (Fsp3) is 0.320. The molecule has 186 valence electrons. The molecule has 0 saturated carbocycles. The fourth-order valence-electron chi connectivity index (χ4n) is 3.61. The van der Waals surface area contributed by atoms with Crippen molar-refractivity contribution in [1.29, 1.82) is 0 Å². The number of benzene rings is 2. The standard InChI is InChI=1S/C25H29N3O5S2/c1-17-24(34-25(27-17)28-18(2)29)35(32,33)16-6-5-15-26-22-8-4-3-7-20(22)12-9-19-10-13-21(14-11-19)23(30)31/h3-4,7-8,10-11,13-14,26H,5-6,9,12,15-16H2,1-2H3,(H,30,31)(H,27,28,29). The molecule has 0 saturated heterocycles. The third-order valence-corrected chi connectivity index (χ3v) is 8.94. The number of rotatable bonds is 12. The van der Waals surface area contributed by atoms with Gasteiger partial charge in [0.15, 0.2) is 15.0 Å². The van der Waals surface area contributed by atoms with E-state index in [1.165, 1.54) is 6.92 Å². The van der Waals surface area contributed by atoms with Crippen molar-refractivity contribution in [2.75, 3.05) is 22.9 Å². The van der Waals surface area contributed by atoms with Gasteiger partial charge in [-0.1, -0.05) is 41.7 Å². The van der Waals surface area contributed by atoms with E-state index in [9.17, 15) is 18.0 Å². The van der Waals surface area contributed by atoms with Crippen LogP contribution in [0.4, 0.5) is 10.8 Å². The number of hydrogen-bond donors (Lipinski definition) is 3. The molecule has 0 fully saturated rings. The van der Waals surface area contributed by atoms with Crippen LogP contribution in [-0.2, 0) is 27.5 Å². The number of carboxylic acid groups (broad SMARTS) is 1. The summed E-state index contributed by atoms with van der Waals surface area (Å²) in [5.74, 6) is -1.20. The van der Waals surface area contributed by atoms with Crippen LogP contribution >= 0.6 is 11.3 Å². The molecule has 2 aromatic carbocycles. The summed E-state index contributed by atoms with van der Waals surface area (Å²) in [4.78, 5) is 26.3. The SMILES string of the molecule is CC(=O)Nc1nc(C)c(S(=O)(=O)CCCCNc2ccccc2CCc2ccc(C(=O)O)cc2)s1. The van der Waals surface area contributed by atoms with Crippen LogP contribution in [0.5, 0.6) is 0 Å². The van der Waals surface area contributed by atoms with E-state index in [2.05, 4.69) is 21.7 Å². The number of nitrogens with zero attached hydrogens (tertiary/aromatic N) is 1. The first-order chi connectivity index (χ1) is 16.7. The molecular weight excluding hydrogens is 486 g/mol. The Hall–Kier alpha value is -3.24. The lowest BCUT2D eigenvalue weighted by atomic mass is 10.0. The highest BCUT2D eigenvalue weighted by molar-refractivity contribution is 7.93. The summed E-state index contributed by atoms with van der Waals surface area (Å²) in [6.07, 6.45) is 2.76. The molecule has 10 heteroatoms. The summed E-state index contributed by atoms with van der Waals surface area (Å²) in [6, 6.07) is 14.9. The number of carboxylic acids is 1. The molecule has 0 atom stereocenters. The number of sulfone groups is 1. The second-order valence-electron chi connectivity index (χ2n) is 8.19. The highest BCUT2D eigenvalue weighted by atomic mass is 32.2. The van der Waals surface area contributed by atoms with E-state index in [1.54, 1.807) is 19.1 Å². The lowest BCUT2D eigenvalue weighted by Gasteiger charge is -2.12. The Bertz CT molecular complexity index is 1280. The van der Waals surface area contributed by atoms with Crippen molar-refractivity contribution in [1.82, 2.24) is 4.98 Å². The van der Waals surface area contributed by atoms with Crippen molar-refractivity contribution < 1.29 is 23.1 Å². The van der Waals surface area contributed by atoms with Crippen LogP contribution in [0.15, 0.2) is 52.7 Å². The van der Waals surface area contributed by atoms with Crippen LogP contribution in [0.2, 0.25) is 0 Å². The van der Waals surface area contributed by atoms with Gasteiger partial charge in [0.05, 0.1) is 17.0 Å². The topological polar surface area (TPSA) is 125 Å². The number of aryl methyl sites for hydroxylation is 3. The van der Waals surface area contributed by atoms with Crippen LogP contribution in [0.3, 0.4) is 0 Å². The molecule has 0 bridgehead atoms. The monoisotopic (exact) mass is 515 g/mol. The molecule has 8 nitrogen and oxygen atoms in total. The number of amides is 1. The second-order valence-corrected chi connectivity index (χ2v) is 11.5. The maximum atomic E-state index is 12.7. The van der Waals surface area contributed by atoms with E-state index in [1.807, 2.05) is 30.3 Å². The molecule has 0 aliphatic rings. The largest absolute Gasteiger partial charge is 0.478 e. The smallest absolute Gasteiger partial charge is 0.335 e. The van der Waals surface area contributed by atoms with E-state index in [-0.39, 0.29) is 21.4 Å². The molecule has 1 aromatic heterocycles. The number of nitrogens with one attached hydrogen (secondary N) is 2. The Morgan fingerprint density at radius 3 is 2.43 bits per heavy atom. The minimum atomic E-state index is -3.47. The van der Waals surface area contributed by atoms with Gasteiger partial charge in [-0.15, -0.1) is 0 Å². The Morgan fingerprint density at radius 1 is 1.03 bits per heavy atom. The molecule has 3 aromatic rings. The van der Waals surface area contributed by atoms with Gasteiger partial charge in [0.25, 0.3) is 0 Å². The summed E-state index contributed by atoms with van der Waals surface area (Å²) < 4.78 is 25.6. The van der Waals surface area contributed by atoms with Gasteiger partial charge >= 0.3 is 5.97 Å². The van der Waals surface area contributed by atoms with E-state index in [0.29, 0.717) is 30.2 Å². The van der Waals surface area contributed by atoms with Crippen molar-refractivity contribution in [3.8, 4) is 0 Å². The lowest BCUT2D eigenvalue weighted by molar-refractivity contribution is -0.114. The van der Waals surface area contributed by atoms with Gasteiger partial charge in [-0.25, -0.2) is 18.2 Å². The molecule has 0 radical (unpaired) electrons. The van der Waals surface area contributed by atoms with Crippen molar-refractivity contribution >= 4 is 43.9 Å². The molecule has 0 aliphatic heterocycles. The van der Waals surface area contributed by atoms with E-state index >= 15 is 0 Å². The maximum Gasteiger partial charge on any atom is 0.335 e. The fourth-order valence-corrected chi connectivity index (χ4v) is 6.62. The van der Waals surface area contributed by atoms with E-state index in [0.717, 1.165) is 41.0 Å². The van der Waals surface area contributed by atoms with Gasteiger partial charge in [0.1, 0.15) is 4.21 Å². The highest BCUT2D eigenvalue weighted by Crippen LogP contribution is 2.28. The quantitative estimate of drug-likeness (QED) is 0.302. The van der Waals surface area contributed by atoms with Crippen molar-refractivity contribution in [2.45, 2.75) is 43.7 Å². The Labute approximate surface area is 209 Å². The summed E-state index contributed by atoms with van der Waals surface area (Å²) in [5.41, 5.74) is 3.90. The number of aromatic nitrogens is 1. The first-order valence-electron chi connectivity index (χ1n) is 11.3. The van der Waals surface area contributed by atoms with E-state index < -0.39 is 15.8 Å². The zero-order valence-electron chi connectivity index (χ0n) is 19.7. The third-order valence-electron chi connectivity index (χ3n) is 5.38. The molecule has 0 aliphatic carbocycles. The van der Waals surface area contributed by atoms with Gasteiger partial charge < -0.3 is 15.7 Å². The molecule has 35 heavy (non-hydrogen) atoms. The predicted octanol–water partition coefficient (Wildman–Crippen LogP) is 4.56. The normalized spacial score (nSPS) is 11.3. The molecule has 1 amide bonds. The van der Waals surface area contributed by atoms with Gasteiger partial charge in [0, 0.05) is 19.2 Å². The van der Waals surface area contributed by atoms with Crippen LogP contribution in [0.1, 0.15) is 46.9 Å². The van der Waals surface area contributed by atoms with Gasteiger partial charge in [-0.3, -0.25) is 4.79 Å². The minimum Gasteiger partial charge on any atom is -0.478 e. The average Bonchev–Trinajstić information content (AvgIpc) is 3.18. The molecule has 3 rings (SSSR count). The number of aromatic carboxylic acids is 1. The lowest BCUT2D eigenvalue weighted by Crippen LogP contribution is -2.10. The van der Waals surface area contributed by atoms with Crippen LogP contribution in [0.25, 0.3) is 0 Å². The number of hydrogen-bond acceptors (Lipinski definition) is 7. The number of unbranched alkanes of at least 4 members (excludes halogenated alkanes) is 1. The van der Waals surface area contributed by atoms with Gasteiger partial charge in [-0.05, 0) is 61.9 Å². The van der Waals surface area contributed by atoms with E-state index in [4.69, 9.17) is 5.11 Å². The number of carbonyl (C=O) groups is 2. The van der Waals surface area contributed by atoms with Crippen LogP contribution in [0, 0.1) is 6.92 Å². The Morgan fingerprint density at radius 2 is 1.74 bits per heavy atom. The molecular formula is C25H29N3O5S2. The first-order valence-corrected chi connectivity index (χ1v) is 13.7. The van der Waals surface area contributed by atoms with Crippen molar-refractivity contribution in [3.63, 3.8) is 0 Å². The van der Waals surface area contributed by atoms with Gasteiger partial charge in [-0.2, -0.15) is 0 Å². The number of anilines is 2. The van der Waals surface area contributed by atoms with Crippen LogP contribution < -0.4 is 10.6 Å². The highest BCUT2D eigenvalue weighted by Gasteiger charge is 2.22. The number of thiazole rings is 1. The average molecular weight is 516 g/mol. The second kappa shape index (κ2) is 11.9. The minimum absolute atomic E-state index is 0.0191. The summed E-state index contributed by atoms with van der Waals surface area (Å²) >= 11 is 0.987. The Balaban J connectivity index is 1.49. The summed E-state index contributed by atoms with van der Waals surface area (Å²) in [5, 5.41) is 15.3. The predicted molar refractivity (Wildman–Crippen MR) is 138 cm³/mol. The first kappa shape index (κ1) is 26.4.